The van der Waals surface area contributed by atoms with Gasteiger partial charge in [0, 0.05) is 0 Å². The minimum absolute atomic E-state index is 0.375. The number of rotatable bonds is 5. The fraction of sp³-hybridized carbons (Fsp3) is 0.290. The van der Waals surface area contributed by atoms with Crippen LogP contribution in [0, 0.1) is 0 Å². The Hall–Kier alpha value is -2.86. The summed E-state index contributed by atoms with van der Waals surface area (Å²) in [6, 6.07) is 17.5. The van der Waals surface area contributed by atoms with Gasteiger partial charge in [-0.15, -0.1) is 0 Å². The van der Waals surface area contributed by atoms with Crippen LogP contribution in [0.1, 0.15) is 66.5 Å². The lowest BCUT2D eigenvalue weighted by Gasteiger charge is -2.36. The van der Waals surface area contributed by atoms with E-state index in [4.69, 9.17) is 0 Å². The maximum absolute atomic E-state index is 4.19. The van der Waals surface area contributed by atoms with E-state index in [1.165, 1.54) is 33.4 Å². The van der Waals surface area contributed by atoms with E-state index in [2.05, 4.69) is 101 Å². The number of benzene rings is 2. The van der Waals surface area contributed by atoms with Crippen molar-refractivity contribution in [3.05, 3.63) is 119 Å². The molecule has 0 bridgehead atoms. The molecule has 31 heavy (non-hydrogen) atoms. The zero-order valence-electron chi connectivity index (χ0n) is 20.8. The summed E-state index contributed by atoms with van der Waals surface area (Å²) in [6.45, 7) is 24.8. The van der Waals surface area contributed by atoms with Crippen LogP contribution in [-0.4, -0.2) is 0 Å². The minimum atomic E-state index is -0.375. The lowest BCUT2D eigenvalue weighted by Crippen LogP contribution is -2.29. The molecule has 3 rings (SSSR count). The zero-order chi connectivity index (χ0) is 23.6. The van der Waals surface area contributed by atoms with Gasteiger partial charge in [-0.3, -0.25) is 0 Å². The van der Waals surface area contributed by atoms with Crippen molar-refractivity contribution in [3.63, 3.8) is 0 Å². The number of fused-ring (bicyclic) bond motifs is 3. The quantitative estimate of drug-likeness (QED) is 0.429. The molecule has 0 unspecified atom stereocenters. The Kier molecular flexibility index (Phi) is 10.2. The highest BCUT2D eigenvalue weighted by atomic mass is 14.5. The summed E-state index contributed by atoms with van der Waals surface area (Å²) in [4.78, 5) is 0. The lowest BCUT2D eigenvalue weighted by molar-refractivity contribution is 0.761. The second-order valence-electron chi connectivity index (χ2n) is 7.46. The van der Waals surface area contributed by atoms with Gasteiger partial charge < -0.3 is 0 Å². The Morgan fingerprint density at radius 3 is 1.55 bits per heavy atom. The van der Waals surface area contributed by atoms with Gasteiger partial charge in [-0.05, 0) is 61.1 Å². The van der Waals surface area contributed by atoms with Crippen molar-refractivity contribution in [2.75, 3.05) is 0 Å². The molecule has 0 saturated heterocycles. The SMILES string of the molecule is C=C/C(=C\C(=C)C)C1(/C(C=C(C)C)=C/C)c2ccccc2-c2ccccc21.CC.CC. The number of allylic oxidation sites excluding steroid dienone is 8. The molecule has 0 saturated carbocycles. The van der Waals surface area contributed by atoms with E-state index in [9.17, 15) is 0 Å². The van der Waals surface area contributed by atoms with Gasteiger partial charge >= 0.3 is 0 Å². The van der Waals surface area contributed by atoms with Gasteiger partial charge in [-0.25, -0.2) is 0 Å². The maximum atomic E-state index is 4.19. The molecule has 0 amide bonds. The Bertz CT molecular complexity index is 943. The summed E-state index contributed by atoms with van der Waals surface area (Å²) >= 11 is 0. The second kappa shape index (κ2) is 12.1. The van der Waals surface area contributed by atoms with Crippen molar-refractivity contribution in [3.8, 4) is 11.1 Å². The van der Waals surface area contributed by atoms with Crippen LogP contribution in [-0.2, 0) is 5.41 Å². The molecule has 0 aromatic heterocycles. The zero-order valence-corrected chi connectivity index (χ0v) is 20.8. The van der Waals surface area contributed by atoms with E-state index in [1.54, 1.807) is 0 Å². The second-order valence-corrected chi connectivity index (χ2v) is 7.46. The van der Waals surface area contributed by atoms with Crippen molar-refractivity contribution < 1.29 is 0 Å². The molecule has 1 aliphatic carbocycles. The van der Waals surface area contributed by atoms with Crippen LogP contribution in [0.3, 0.4) is 0 Å². The largest absolute Gasteiger partial charge is 0.0987 e. The van der Waals surface area contributed by atoms with Gasteiger partial charge in [0.2, 0.25) is 0 Å². The van der Waals surface area contributed by atoms with Crippen LogP contribution in [0.4, 0.5) is 0 Å². The average molecular weight is 413 g/mol. The fourth-order valence-electron chi connectivity index (χ4n) is 4.33. The van der Waals surface area contributed by atoms with E-state index in [-0.39, 0.29) is 5.41 Å². The van der Waals surface area contributed by atoms with Gasteiger partial charge in [0.25, 0.3) is 0 Å². The maximum Gasteiger partial charge on any atom is 0.0710 e. The molecule has 0 radical (unpaired) electrons. The molecule has 2 aromatic rings. The first kappa shape index (κ1) is 26.2. The third kappa shape index (κ3) is 4.90. The molecule has 0 spiro atoms. The monoisotopic (exact) mass is 412 g/mol. The molecule has 0 N–H and O–H groups in total. The molecular formula is C31H40. The normalized spacial score (nSPS) is 13.4. The summed E-state index contributed by atoms with van der Waals surface area (Å²) in [5.74, 6) is 0. The summed E-state index contributed by atoms with van der Waals surface area (Å²) in [6.07, 6.45) is 8.71. The fourth-order valence-corrected chi connectivity index (χ4v) is 4.33. The Morgan fingerprint density at radius 2 is 1.19 bits per heavy atom. The Morgan fingerprint density at radius 1 is 0.742 bits per heavy atom. The summed E-state index contributed by atoms with van der Waals surface area (Å²) in [7, 11) is 0. The molecule has 0 heterocycles. The van der Waals surface area contributed by atoms with Crippen molar-refractivity contribution in [1.29, 1.82) is 0 Å². The van der Waals surface area contributed by atoms with Crippen LogP contribution in [0.15, 0.2) is 108 Å². The van der Waals surface area contributed by atoms with E-state index >= 15 is 0 Å². The third-order valence-electron chi connectivity index (χ3n) is 5.20. The third-order valence-corrected chi connectivity index (χ3v) is 5.20. The Labute approximate surface area is 191 Å². The van der Waals surface area contributed by atoms with Gasteiger partial charge in [-0.2, -0.15) is 0 Å². The molecule has 2 aromatic carbocycles. The van der Waals surface area contributed by atoms with Gasteiger partial charge in [-0.1, -0.05) is 125 Å². The molecule has 0 aliphatic heterocycles. The minimum Gasteiger partial charge on any atom is -0.0987 e. The first-order valence-corrected chi connectivity index (χ1v) is 11.5. The average Bonchev–Trinajstić information content (AvgIpc) is 3.09. The van der Waals surface area contributed by atoms with Crippen LogP contribution in [0.5, 0.6) is 0 Å². The van der Waals surface area contributed by atoms with Crippen LogP contribution in [0.25, 0.3) is 11.1 Å². The number of hydrogen-bond acceptors (Lipinski definition) is 0. The predicted octanol–water partition coefficient (Wildman–Crippen LogP) is 9.61. The highest BCUT2D eigenvalue weighted by Crippen LogP contribution is 2.57. The van der Waals surface area contributed by atoms with Gasteiger partial charge in [0.05, 0.1) is 5.41 Å². The lowest BCUT2D eigenvalue weighted by atomic mass is 9.66. The summed E-state index contributed by atoms with van der Waals surface area (Å²) in [5, 5.41) is 0. The summed E-state index contributed by atoms with van der Waals surface area (Å²) in [5.41, 5.74) is 9.58. The smallest absolute Gasteiger partial charge is 0.0710 e. The van der Waals surface area contributed by atoms with E-state index in [0.29, 0.717) is 0 Å². The Balaban J connectivity index is 0.00000113. The van der Waals surface area contributed by atoms with Crippen molar-refractivity contribution >= 4 is 0 Å². The van der Waals surface area contributed by atoms with Gasteiger partial charge in [0.1, 0.15) is 0 Å². The standard InChI is InChI=1S/C27H28.2C2H6/c1-7-21(17-19(3)4)27(22(8-2)18-20(5)6)25-15-11-9-13-23(25)24-14-10-12-16-26(24)27;2*1-2/h7-18H,1,3H2,2,4-6H3;2*1-2H3/b21-17+,22-8+;;. The molecule has 164 valence electrons. The van der Waals surface area contributed by atoms with E-state index < -0.39 is 0 Å². The van der Waals surface area contributed by atoms with Gasteiger partial charge in [0.15, 0.2) is 0 Å². The molecule has 0 fully saturated rings. The number of hydrogen-bond donors (Lipinski definition) is 0. The highest BCUT2D eigenvalue weighted by molar-refractivity contribution is 5.87. The molecule has 0 heteroatoms. The van der Waals surface area contributed by atoms with E-state index in [1.807, 2.05) is 40.7 Å². The van der Waals surface area contributed by atoms with Crippen LogP contribution < -0.4 is 0 Å². The molecule has 0 atom stereocenters. The van der Waals surface area contributed by atoms with Crippen LogP contribution >= 0.6 is 0 Å². The first-order chi connectivity index (χ1) is 15.0. The van der Waals surface area contributed by atoms with E-state index in [0.717, 1.165) is 11.1 Å². The first-order valence-electron chi connectivity index (χ1n) is 11.5. The van der Waals surface area contributed by atoms with Crippen molar-refractivity contribution in [2.45, 2.75) is 60.8 Å². The predicted molar refractivity (Wildman–Crippen MR) is 142 cm³/mol. The summed E-state index contributed by atoms with van der Waals surface area (Å²) < 4.78 is 0. The topological polar surface area (TPSA) is 0 Å². The highest BCUT2D eigenvalue weighted by Gasteiger charge is 2.46. The van der Waals surface area contributed by atoms with Crippen molar-refractivity contribution in [2.24, 2.45) is 0 Å². The van der Waals surface area contributed by atoms with Crippen LogP contribution in [0.2, 0.25) is 0 Å². The van der Waals surface area contributed by atoms with Crippen molar-refractivity contribution in [1.82, 2.24) is 0 Å². The molecular weight excluding hydrogens is 372 g/mol. The molecule has 0 nitrogen and oxygen atoms in total. The molecule has 1 aliphatic rings.